The molecule has 6 heteroatoms. The molecule has 5 N–H and O–H groups in total. The summed E-state index contributed by atoms with van der Waals surface area (Å²) in [5.74, 6) is 0. The van der Waals surface area contributed by atoms with Crippen molar-refractivity contribution in [3.63, 3.8) is 0 Å². The highest BCUT2D eigenvalue weighted by Gasteiger charge is 2.45. The van der Waals surface area contributed by atoms with E-state index < -0.39 is 30.6 Å². The zero-order valence-corrected chi connectivity index (χ0v) is 8.87. The highest BCUT2D eigenvalue weighted by Crippen LogP contribution is 2.22. The summed E-state index contributed by atoms with van der Waals surface area (Å²) < 4.78 is 5.14. The molecule has 5 atom stereocenters. The van der Waals surface area contributed by atoms with Crippen LogP contribution in [0.25, 0.3) is 0 Å². The first-order valence-electron chi connectivity index (χ1n) is 5.04. The molecule has 1 saturated heterocycles. The third kappa shape index (κ3) is 2.87. The van der Waals surface area contributed by atoms with Gasteiger partial charge in [0.1, 0.15) is 30.6 Å². The molecule has 1 fully saturated rings. The molecule has 6 nitrogen and oxygen atoms in total. The monoisotopic (exact) mass is 221 g/mol. The lowest BCUT2D eigenvalue weighted by atomic mass is 10.1. The van der Waals surface area contributed by atoms with Crippen molar-refractivity contribution in [1.82, 2.24) is 5.32 Å². The Morgan fingerprint density at radius 1 is 1.27 bits per heavy atom. The minimum absolute atomic E-state index is 0.0288. The Kier molecular flexibility index (Phi) is 4.45. The summed E-state index contributed by atoms with van der Waals surface area (Å²) in [7, 11) is 0. The molecule has 1 heterocycles. The summed E-state index contributed by atoms with van der Waals surface area (Å²) in [5, 5.41) is 40.2. The van der Waals surface area contributed by atoms with Gasteiger partial charge in [0.05, 0.1) is 6.61 Å². The molecule has 15 heavy (non-hydrogen) atoms. The molecule has 0 aromatic heterocycles. The van der Waals surface area contributed by atoms with Crippen molar-refractivity contribution < 1.29 is 25.2 Å². The van der Waals surface area contributed by atoms with Crippen LogP contribution < -0.4 is 5.32 Å². The predicted molar refractivity (Wildman–Crippen MR) is 52.0 cm³/mol. The zero-order valence-electron chi connectivity index (χ0n) is 8.87. The van der Waals surface area contributed by atoms with E-state index in [1.807, 2.05) is 13.8 Å². The number of ether oxygens (including phenoxy) is 1. The van der Waals surface area contributed by atoms with Gasteiger partial charge in [0.2, 0.25) is 0 Å². The van der Waals surface area contributed by atoms with Crippen LogP contribution >= 0.6 is 0 Å². The van der Waals surface area contributed by atoms with E-state index in [2.05, 4.69) is 5.32 Å². The average molecular weight is 221 g/mol. The van der Waals surface area contributed by atoms with Gasteiger partial charge in [0.25, 0.3) is 0 Å². The Balaban J connectivity index is 2.56. The number of hydrogen-bond acceptors (Lipinski definition) is 6. The van der Waals surface area contributed by atoms with E-state index in [4.69, 9.17) is 9.84 Å². The molecule has 0 aromatic carbocycles. The Hall–Kier alpha value is -0.240. The van der Waals surface area contributed by atoms with Gasteiger partial charge in [-0.15, -0.1) is 0 Å². The van der Waals surface area contributed by atoms with Gasteiger partial charge in [0, 0.05) is 6.04 Å². The average Bonchev–Trinajstić information content (AvgIpc) is 2.43. The fourth-order valence-electron chi connectivity index (χ4n) is 1.63. The number of aliphatic hydroxyl groups is 4. The molecule has 1 aliphatic heterocycles. The van der Waals surface area contributed by atoms with E-state index in [9.17, 15) is 15.3 Å². The van der Waals surface area contributed by atoms with Crippen LogP contribution in [-0.2, 0) is 4.74 Å². The Bertz CT molecular complexity index is 201. The lowest BCUT2D eigenvalue weighted by Crippen LogP contribution is -2.48. The molecular formula is C9H19NO5. The highest BCUT2D eigenvalue weighted by atomic mass is 16.6. The summed E-state index contributed by atoms with van der Waals surface area (Å²) in [6.45, 7) is 3.29. The molecule has 0 radical (unpaired) electrons. The maximum absolute atomic E-state index is 9.63. The second-order valence-corrected chi connectivity index (χ2v) is 4.07. The van der Waals surface area contributed by atoms with Gasteiger partial charge in [-0.05, 0) is 13.8 Å². The SMILES string of the molecule is CC(C)NC(O)[C@H]1O[C@H](CO)[C@@H](O)[C@@H]1O. The quantitative estimate of drug-likeness (QED) is 0.345. The van der Waals surface area contributed by atoms with Gasteiger partial charge < -0.3 is 25.2 Å². The Labute approximate surface area is 88.5 Å². The first-order valence-corrected chi connectivity index (χ1v) is 5.04. The van der Waals surface area contributed by atoms with Crippen LogP contribution in [0.4, 0.5) is 0 Å². The summed E-state index contributed by atoms with van der Waals surface area (Å²) in [4.78, 5) is 0. The minimum atomic E-state index is -1.19. The summed E-state index contributed by atoms with van der Waals surface area (Å²) in [6, 6.07) is 0.0288. The first-order chi connectivity index (χ1) is 6.97. The van der Waals surface area contributed by atoms with Crippen molar-refractivity contribution >= 4 is 0 Å². The van der Waals surface area contributed by atoms with Gasteiger partial charge in [-0.2, -0.15) is 0 Å². The summed E-state index contributed by atoms with van der Waals surface area (Å²) in [5.41, 5.74) is 0. The smallest absolute Gasteiger partial charge is 0.134 e. The standard InChI is InChI=1S/C9H19NO5/c1-4(2)10-9(14)8-7(13)6(12)5(3-11)15-8/h4-14H,3H2,1-2H3/t5-,6-,7+,8+,9?/m1/s1. The molecule has 0 amide bonds. The van der Waals surface area contributed by atoms with E-state index in [-0.39, 0.29) is 12.6 Å². The second kappa shape index (κ2) is 5.20. The second-order valence-electron chi connectivity index (χ2n) is 4.07. The van der Waals surface area contributed by atoms with Gasteiger partial charge in [-0.3, -0.25) is 5.32 Å². The normalized spacial score (nSPS) is 38.6. The van der Waals surface area contributed by atoms with Gasteiger partial charge in [-0.25, -0.2) is 0 Å². The van der Waals surface area contributed by atoms with E-state index in [0.29, 0.717) is 0 Å². The fourth-order valence-corrected chi connectivity index (χ4v) is 1.63. The molecule has 1 rings (SSSR count). The largest absolute Gasteiger partial charge is 0.394 e. The fraction of sp³-hybridized carbons (Fsp3) is 1.00. The van der Waals surface area contributed by atoms with Crippen molar-refractivity contribution in [2.75, 3.05) is 6.61 Å². The Morgan fingerprint density at radius 2 is 1.87 bits per heavy atom. The van der Waals surface area contributed by atoms with Crippen LogP contribution in [0.5, 0.6) is 0 Å². The van der Waals surface area contributed by atoms with E-state index in [1.165, 1.54) is 0 Å². The van der Waals surface area contributed by atoms with Crippen molar-refractivity contribution in [3.8, 4) is 0 Å². The maximum Gasteiger partial charge on any atom is 0.134 e. The molecule has 0 bridgehead atoms. The first kappa shape index (κ1) is 12.8. The Morgan fingerprint density at radius 3 is 2.27 bits per heavy atom. The number of rotatable bonds is 4. The number of nitrogens with one attached hydrogen (secondary N) is 1. The van der Waals surface area contributed by atoms with Crippen LogP contribution in [-0.4, -0.2) is 63.7 Å². The molecule has 0 saturated carbocycles. The van der Waals surface area contributed by atoms with E-state index >= 15 is 0 Å². The molecule has 1 unspecified atom stereocenters. The lowest BCUT2D eigenvalue weighted by Gasteiger charge is -2.23. The molecule has 0 aromatic rings. The van der Waals surface area contributed by atoms with Crippen LogP contribution in [0.1, 0.15) is 13.8 Å². The van der Waals surface area contributed by atoms with Crippen molar-refractivity contribution in [2.24, 2.45) is 0 Å². The summed E-state index contributed by atoms with van der Waals surface area (Å²) in [6.07, 6.45) is -5.17. The number of hydrogen-bond donors (Lipinski definition) is 5. The van der Waals surface area contributed by atoms with Crippen LogP contribution in [0, 0.1) is 0 Å². The third-order valence-corrected chi connectivity index (χ3v) is 2.39. The lowest BCUT2D eigenvalue weighted by molar-refractivity contribution is -0.0873. The summed E-state index contributed by atoms with van der Waals surface area (Å²) >= 11 is 0. The van der Waals surface area contributed by atoms with Crippen molar-refractivity contribution in [3.05, 3.63) is 0 Å². The van der Waals surface area contributed by atoms with Crippen LogP contribution in [0.2, 0.25) is 0 Å². The molecule has 1 aliphatic rings. The van der Waals surface area contributed by atoms with Crippen molar-refractivity contribution in [1.29, 1.82) is 0 Å². The molecule has 90 valence electrons. The number of aliphatic hydroxyl groups excluding tert-OH is 4. The highest BCUT2D eigenvalue weighted by molar-refractivity contribution is 4.93. The zero-order chi connectivity index (χ0) is 11.6. The minimum Gasteiger partial charge on any atom is -0.394 e. The maximum atomic E-state index is 9.63. The molecular weight excluding hydrogens is 202 g/mol. The predicted octanol–water partition coefficient (Wildman–Crippen LogP) is -2.22. The van der Waals surface area contributed by atoms with Gasteiger partial charge in [-0.1, -0.05) is 0 Å². The van der Waals surface area contributed by atoms with E-state index in [1.54, 1.807) is 0 Å². The molecule has 0 aliphatic carbocycles. The van der Waals surface area contributed by atoms with Crippen molar-refractivity contribution in [2.45, 2.75) is 50.5 Å². The van der Waals surface area contributed by atoms with Gasteiger partial charge in [0.15, 0.2) is 0 Å². The van der Waals surface area contributed by atoms with Gasteiger partial charge >= 0.3 is 0 Å². The van der Waals surface area contributed by atoms with Crippen LogP contribution in [0.15, 0.2) is 0 Å². The topological polar surface area (TPSA) is 102 Å². The van der Waals surface area contributed by atoms with E-state index in [0.717, 1.165) is 0 Å². The molecule has 0 spiro atoms. The third-order valence-electron chi connectivity index (χ3n) is 2.39. The van der Waals surface area contributed by atoms with Crippen LogP contribution in [0.3, 0.4) is 0 Å².